The molecule has 5 rings (SSSR count). The van der Waals surface area contributed by atoms with Crippen molar-refractivity contribution in [1.82, 2.24) is 4.98 Å². The molecule has 2 N–H and O–H groups in total. The molecular formula is C26H30F2N2O3S. The average Bonchev–Trinajstić information content (AvgIpc) is 3.28. The number of thiazole rings is 1. The Kier molecular flexibility index (Phi) is 5.78. The number of nitrogens with one attached hydrogen (secondary N) is 1. The molecule has 2 saturated carbocycles. The lowest BCUT2D eigenvalue weighted by Crippen LogP contribution is -2.47. The number of carboxylic acid groups (broad SMARTS) is 1. The Balaban J connectivity index is 1.36. The number of aromatic nitrogens is 1. The van der Waals surface area contributed by atoms with Crippen LogP contribution in [0.3, 0.4) is 0 Å². The summed E-state index contributed by atoms with van der Waals surface area (Å²) >= 11 is 1.40. The second-order valence-electron chi connectivity index (χ2n) is 10.5. The number of alkyl halides is 2. The molecule has 2 aromatic rings. The SMILES string of the molecule is Cc1cnc(NC(=O)CC[C@@H]2CC(F)(F)[C@@]3(C)CC[C@@H]4c5ccc(C(=O)O)cc5CC[C@H]4[C@H]23)s1. The topological polar surface area (TPSA) is 79.3 Å². The predicted octanol–water partition coefficient (Wildman–Crippen LogP) is 6.29. The smallest absolute Gasteiger partial charge is 0.335 e. The van der Waals surface area contributed by atoms with Gasteiger partial charge in [0.05, 0.1) is 5.56 Å². The number of benzene rings is 1. The molecule has 3 aliphatic rings. The van der Waals surface area contributed by atoms with Crippen LogP contribution >= 0.6 is 11.3 Å². The summed E-state index contributed by atoms with van der Waals surface area (Å²) in [6, 6.07) is 5.31. The number of aryl methyl sites for hydroxylation is 2. The van der Waals surface area contributed by atoms with E-state index in [4.69, 9.17) is 0 Å². The molecule has 0 unspecified atom stereocenters. The summed E-state index contributed by atoms with van der Waals surface area (Å²) in [6.45, 7) is 3.68. The number of anilines is 1. The van der Waals surface area contributed by atoms with Crippen LogP contribution < -0.4 is 5.32 Å². The molecule has 1 heterocycles. The van der Waals surface area contributed by atoms with Crippen molar-refractivity contribution in [2.45, 2.75) is 70.6 Å². The number of rotatable bonds is 5. The molecule has 3 aliphatic carbocycles. The van der Waals surface area contributed by atoms with E-state index in [0.717, 1.165) is 22.4 Å². The van der Waals surface area contributed by atoms with Gasteiger partial charge in [-0.25, -0.2) is 18.6 Å². The van der Waals surface area contributed by atoms with Gasteiger partial charge in [0.1, 0.15) is 0 Å². The molecule has 1 aromatic heterocycles. The fraction of sp³-hybridized carbons (Fsp3) is 0.577. The highest BCUT2D eigenvalue weighted by Crippen LogP contribution is 2.68. The van der Waals surface area contributed by atoms with E-state index in [0.29, 0.717) is 30.8 Å². The number of hydrogen-bond acceptors (Lipinski definition) is 4. The van der Waals surface area contributed by atoms with Crippen molar-refractivity contribution in [3.8, 4) is 0 Å². The minimum Gasteiger partial charge on any atom is -0.478 e. The number of carbonyl (C=O) groups is 2. The zero-order chi connectivity index (χ0) is 24.3. The minimum absolute atomic E-state index is 0.130. The van der Waals surface area contributed by atoms with Crippen molar-refractivity contribution in [1.29, 1.82) is 0 Å². The second kappa shape index (κ2) is 8.40. The van der Waals surface area contributed by atoms with Crippen LogP contribution in [0, 0.1) is 30.1 Å². The fourth-order valence-corrected chi connectivity index (χ4v) is 7.82. The number of carbonyl (C=O) groups excluding carboxylic acids is 1. The van der Waals surface area contributed by atoms with Crippen molar-refractivity contribution < 1.29 is 23.5 Å². The van der Waals surface area contributed by atoms with Crippen LogP contribution in [0.1, 0.15) is 77.7 Å². The molecule has 0 saturated heterocycles. The van der Waals surface area contributed by atoms with E-state index in [1.807, 2.05) is 13.0 Å². The first-order valence-electron chi connectivity index (χ1n) is 12.1. The van der Waals surface area contributed by atoms with E-state index in [9.17, 15) is 14.7 Å². The second-order valence-corrected chi connectivity index (χ2v) is 11.8. The van der Waals surface area contributed by atoms with Gasteiger partial charge < -0.3 is 10.4 Å². The standard InChI is InChI=1S/C26H30F2N2O3S/c1-14-13-29-24(34-14)30-21(31)8-5-17-12-26(27,28)25(2)10-9-19-18-6-4-16(23(32)33)11-15(18)3-7-20(19)22(17)25/h4,6,11,13,17,19-20,22H,3,5,7-10,12H2,1-2H3,(H,32,33)(H,29,30,31)/t17-,19-,20-,22+,25+/m1/s1. The van der Waals surface area contributed by atoms with Gasteiger partial charge in [0.25, 0.3) is 5.92 Å². The molecule has 5 nitrogen and oxygen atoms in total. The van der Waals surface area contributed by atoms with Crippen LogP contribution in [0.4, 0.5) is 13.9 Å². The Labute approximate surface area is 202 Å². The quantitative estimate of drug-likeness (QED) is 0.519. The van der Waals surface area contributed by atoms with Crippen LogP contribution in [-0.2, 0) is 11.2 Å². The van der Waals surface area contributed by atoms with Gasteiger partial charge in [0, 0.05) is 29.3 Å². The van der Waals surface area contributed by atoms with E-state index in [1.165, 1.54) is 11.3 Å². The Morgan fingerprint density at radius 1 is 1.29 bits per heavy atom. The van der Waals surface area contributed by atoms with Crippen LogP contribution in [0.2, 0.25) is 0 Å². The summed E-state index contributed by atoms with van der Waals surface area (Å²) in [5.74, 6) is -3.92. The van der Waals surface area contributed by atoms with Crippen molar-refractivity contribution >= 4 is 28.3 Å². The number of aromatic carboxylic acids is 1. The number of amides is 1. The zero-order valence-electron chi connectivity index (χ0n) is 19.4. The van der Waals surface area contributed by atoms with Gasteiger partial charge >= 0.3 is 5.97 Å². The summed E-state index contributed by atoms with van der Waals surface area (Å²) in [6.07, 6.45) is 4.85. The first-order valence-corrected chi connectivity index (χ1v) is 12.9. The largest absolute Gasteiger partial charge is 0.478 e. The molecule has 1 aromatic carbocycles. The molecule has 2 fully saturated rings. The highest BCUT2D eigenvalue weighted by molar-refractivity contribution is 7.15. The van der Waals surface area contributed by atoms with Crippen LogP contribution in [0.5, 0.6) is 0 Å². The molecule has 0 aliphatic heterocycles. The van der Waals surface area contributed by atoms with Gasteiger partial charge in [-0.2, -0.15) is 0 Å². The summed E-state index contributed by atoms with van der Waals surface area (Å²) in [4.78, 5) is 29.1. The maximum absolute atomic E-state index is 15.4. The van der Waals surface area contributed by atoms with Gasteiger partial charge in [-0.3, -0.25) is 4.79 Å². The van der Waals surface area contributed by atoms with Gasteiger partial charge in [0.2, 0.25) is 5.91 Å². The van der Waals surface area contributed by atoms with Crippen LogP contribution in [-0.4, -0.2) is 27.9 Å². The van der Waals surface area contributed by atoms with Crippen LogP contribution in [0.15, 0.2) is 24.4 Å². The van der Waals surface area contributed by atoms with Crippen molar-refractivity contribution in [3.63, 3.8) is 0 Å². The zero-order valence-corrected chi connectivity index (χ0v) is 20.3. The Hall–Kier alpha value is -2.35. The lowest BCUT2D eigenvalue weighted by Gasteiger charge is -2.51. The van der Waals surface area contributed by atoms with Crippen molar-refractivity contribution in [3.05, 3.63) is 46.0 Å². The normalized spacial score (nSPS) is 31.3. The molecule has 5 atom stereocenters. The molecule has 0 spiro atoms. The van der Waals surface area contributed by atoms with Gasteiger partial charge in [-0.15, -0.1) is 11.3 Å². The molecular weight excluding hydrogens is 458 g/mol. The summed E-state index contributed by atoms with van der Waals surface area (Å²) < 4.78 is 30.8. The lowest BCUT2D eigenvalue weighted by atomic mass is 9.53. The maximum Gasteiger partial charge on any atom is 0.335 e. The number of halogens is 2. The molecule has 0 bridgehead atoms. The molecule has 1 amide bonds. The third-order valence-electron chi connectivity index (χ3n) is 8.70. The molecule has 8 heteroatoms. The minimum atomic E-state index is -2.75. The lowest BCUT2D eigenvalue weighted by molar-refractivity contribution is -0.133. The molecule has 34 heavy (non-hydrogen) atoms. The molecule has 182 valence electrons. The van der Waals surface area contributed by atoms with Gasteiger partial charge in [0.15, 0.2) is 5.13 Å². The maximum atomic E-state index is 15.4. The Bertz CT molecular complexity index is 1130. The number of fused-ring (bicyclic) bond motifs is 5. The highest BCUT2D eigenvalue weighted by atomic mass is 32.1. The first-order chi connectivity index (χ1) is 16.1. The Morgan fingerprint density at radius 3 is 2.79 bits per heavy atom. The van der Waals surface area contributed by atoms with Crippen molar-refractivity contribution in [2.75, 3.05) is 5.32 Å². The average molecular weight is 489 g/mol. The summed E-state index contributed by atoms with van der Waals surface area (Å²) in [5.41, 5.74) is 1.41. The number of carboxylic acids is 1. The van der Waals surface area contributed by atoms with E-state index >= 15 is 8.78 Å². The van der Waals surface area contributed by atoms with E-state index < -0.39 is 17.3 Å². The summed E-state index contributed by atoms with van der Waals surface area (Å²) in [7, 11) is 0. The highest BCUT2D eigenvalue weighted by Gasteiger charge is 2.67. The monoisotopic (exact) mass is 488 g/mol. The third kappa shape index (κ3) is 3.84. The first kappa shape index (κ1) is 23.4. The number of hydrogen-bond donors (Lipinski definition) is 2. The third-order valence-corrected chi connectivity index (χ3v) is 9.52. The number of nitrogens with zero attached hydrogens (tertiary/aromatic N) is 1. The Morgan fingerprint density at radius 2 is 2.09 bits per heavy atom. The van der Waals surface area contributed by atoms with Gasteiger partial charge in [-0.1, -0.05) is 13.0 Å². The van der Waals surface area contributed by atoms with Crippen molar-refractivity contribution in [2.24, 2.45) is 23.2 Å². The summed E-state index contributed by atoms with van der Waals surface area (Å²) in [5, 5.41) is 12.7. The van der Waals surface area contributed by atoms with E-state index in [-0.39, 0.29) is 48.0 Å². The fourth-order valence-electron chi connectivity index (χ4n) is 7.14. The molecule has 0 radical (unpaired) electrons. The van der Waals surface area contributed by atoms with E-state index in [2.05, 4.69) is 10.3 Å². The predicted molar refractivity (Wildman–Crippen MR) is 127 cm³/mol. The van der Waals surface area contributed by atoms with Crippen LogP contribution in [0.25, 0.3) is 0 Å². The van der Waals surface area contributed by atoms with Gasteiger partial charge in [-0.05, 0) is 86.0 Å². The van der Waals surface area contributed by atoms with E-state index in [1.54, 1.807) is 25.3 Å².